The lowest BCUT2D eigenvalue weighted by Gasteiger charge is -2.08. The fraction of sp³-hybridized carbons (Fsp3) is 0.231. The highest BCUT2D eigenvalue weighted by Gasteiger charge is 2.17. The van der Waals surface area contributed by atoms with Crippen molar-refractivity contribution in [3.8, 4) is 11.8 Å². The van der Waals surface area contributed by atoms with Crippen molar-refractivity contribution in [1.29, 1.82) is 5.26 Å². The summed E-state index contributed by atoms with van der Waals surface area (Å²) in [5.74, 6) is -0.139. The Morgan fingerprint density at radius 3 is 2.94 bits per heavy atom. The van der Waals surface area contributed by atoms with Crippen LogP contribution in [0.1, 0.15) is 16.7 Å². The maximum atomic E-state index is 10.6. The Morgan fingerprint density at radius 1 is 1.56 bits per heavy atom. The predicted molar refractivity (Wildman–Crippen MR) is 64.6 cm³/mol. The van der Waals surface area contributed by atoms with E-state index in [1.54, 1.807) is 12.1 Å². The summed E-state index contributed by atoms with van der Waals surface area (Å²) in [6.07, 6.45) is 2.40. The Labute approximate surface area is 104 Å². The second kappa shape index (κ2) is 4.90. The summed E-state index contributed by atoms with van der Waals surface area (Å²) in [5.41, 5.74) is 8.07. The molecular weight excluding hydrogens is 232 g/mol. The number of hydrogen-bond donors (Lipinski definition) is 2. The van der Waals surface area contributed by atoms with Crippen molar-refractivity contribution in [3.05, 3.63) is 34.4 Å². The number of carbonyl (C=O) groups is 1. The molecule has 1 aliphatic carbocycles. The van der Waals surface area contributed by atoms with E-state index >= 15 is 0 Å². The molecule has 1 aromatic carbocycles. The minimum Gasteiger partial charge on any atom is -0.484 e. The summed E-state index contributed by atoms with van der Waals surface area (Å²) in [6.45, 7) is -0.253. The van der Waals surface area contributed by atoms with Crippen LogP contribution in [-0.4, -0.2) is 24.2 Å². The van der Waals surface area contributed by atoms with Crippen molar-refractivity contribution in [2.24, 2.45) is 5.73 Å². The van der Waals surface area contributed by atoms with Crippen LogP contribution in [0, 0.1) is 11.3 Å². The van der Waals surface area contributed by atoms with Crippen molar-refractivity contribution < 1.29 is 14.6 Å². The van der Waals surface area contributed by atoms with Crippen molar-refractivity contribution in [2.75, 3.05) is 13.2 Å². The summed E-state index contributed by atoms with van der Waals surface area (Å²) >= 11 is 0. The van der Waals surface area contributed by atoms with Crippen LogP contribution in [0.3, 0.4) is 0 Å². The summed E-state index contributed by atoms with van der Waals surface area (Å²) < 4.78 is 5.19. The molecule has 0 fully saturated rings. The number of nitriles is 1. The zero-order chi connectivity index (χ0) is 13.1. The molecule has 0 aliphatic heterocycles. The number of rotatable bonds is 4. The van der Waals surface area contributed by atoms with Crippen molar-refractivity contribution >= 4 is 12.0 Å². The number of ether oxygens (including phenoxy) is 1. The zero-order valence-electron chi connectivity index (χ0n) is 9.64. The van der Waals surface area contributed by atoms with E-state index in [1.165, 1.54) is 0 Å². The van der Waals surface area contributed by atoms with Gasteiger partial charge in [-0.1, -0.05) is 6.08 Å². The third-order valence-electron chi connectivity index (χ3n) is 2.73. The first-order valence-corrected chi connectivity index (χ1v) is 5.42. The lowest BCUT2D eigenvalue weighted by atomic mass is 10.0. The first-order chi connectivity index (χ1) is 8.63. The molecule has 0 bridgehead atoms. The van der Waals surface area contributed by atoms with Crippen LogP contribution in [0.5, 0.6) is 5.75 Å². The minimum absolute atomic E-state index is 0.0307. The van der Waals surface area contributed by atoms with Gasteiger partial charge in [-0.05, 0) is 35.3 Å². The molecule has 18 heavy (non-hydrogen) atoms. The summed E-state index contributed by atoms with van der Waals surface area (Å²) in [5, 5.41) is 18.2. The van der Waals surface area contributed by atoms with Crippen molar-refractivity contribution in [2.45, 2.75) is 6.42 Å². The van der Waals surface area contributed by atoms with Gasteiger partial charge in [0.25, 0.3) is 5.91 Å². The lowest BCUT2D eigenvalue weighted by molar-refractivity contribution is -0.119. The van der Waals surface area contributed by atoms with Crippen molar-refractivity contribution in [3.63, 3.8) is 0 Å². The van der Waals surface area contributed by atoms with Gasteiger partial charge < -0.3 is 15.6 Å². The average molecular weight is 244 g/mol. The Bertz CT molecular complexity index is 570. The third kappa shape index (κ3) is 2.34. The number of fused-ring (bicyclic) bond motifs is 1. The number of aliphatic hydroxyl groups excluding tert-OH is 1. The topological polar surface area (TPSA) is 96.3 Å². The molecule has 1 aromatic rings. The van der Waals surface area contributed by atoms with E-state index in [0.29, 0.717) is 17.7 Å². The molecule has 92 valence electrons. The van der Waals surface area contributed by atoms with Gasteiger partial charge in [-0.3, -0.25) is 4.79 Å². The highest BCUT2D eigenvalue weighted by atomic mass is 16.5. The molecule has 0 atom stereocenters. The molecule has 5 heteroatoms. The fourth-order valence-electron chi connectivity index (χ4n) is 1.93. The second-order valence-electron chi connectivity index (χ2n) is 4.04. The normalized spacial score (nSPS) is 12.6. The molecule has 0 heterocycles. The van der Waals surface area contributed by atoms with Crippen LogP contribution in [0.25, 0.3) is 6.08 Å². The summed E-state index contributed by atoms with van der Waals surface area (Å²) in [6, 6.07) is 5.41. The Kier molecular flexibility index (Phi) is 3.31. The quantitative estimate of drug-likeness (QED) is 0.798. The number of amides is 1. The van der Waals surface area contributed by atoms with E-state index in [9.17, 15) is 4.79 Å². The molecule has 0 aromatic heterocycles. The van der Waals surface area contributed by atoms with Gasteiger partial charge in [-0.2, -0.15) is 5.26 Å². The summed E-state index contributed by atoms with van der Waals surface area (Å²) in [4.78, 5) is 10.6. The number of primary amides is 1. The van der Waals surface area contributed by atoms with Gasteiger partial charge in [0.1, 0.15) is 5.75 Å². The molecule has 2 rings (SSSR count). The highest BCUT2D eigenvalue weighted by Crippen LogP contribution is 2.31. The van der Waals surface area contributed by atoms with Gasteiger partial charge in [-0.15, -0.1) is 0 Å². The Morgan fingerprint density at radius 2 is 2.33 bits per heavy atom. The number of nitrogens with zero attached hydrogens (tertiary/aromatic N) is 1. The van der Waals surface area contributed by atoms with Gasteiger partial charge >= 0.3 is 0 Å². The van der Waals surface area contributed by atoms with Gasteiger partial charge in [0.2, 0.25) is 0 Å². The minimum atomic E-state index is -0.569. The van der Waals surface area contributed by atoms with Crippen LogP contribution in [-0.2, 0) is 11.2 Å². The van der Waals surface area contributed by atoms with E-state index in [2.05, 4.69) is 6.07 Å². The van der Waals surface area contributed by atoms with Crippen LogP contribution < -0.4 is 10.5 Å². The zero-order valence-corrected chi connectivity index (χ0v) is 9.64. The van der Waals surface area contributed by atoms with E-state index in [-0.39, 0.29) is 13.2 Å². The number of hydrogen-bond acceptors (Lipinski definition) is 4. The van der Waals surface area contributed by atoms with Gasteiger partial charge in [0.15, 0.2) is 6.61 Å². The predicted octanol–water partition coefficient (Wildman–Crippen LogP) is 0.354. The molecule has 1 amide bonds. The first kappa shape index (κ1) is 12.1. The second-order valence-corrected chi connectivity index (χ2v) is 4.04. The highest BCUT2D eigenvalue weighted by molar-refractivity contribution is 5.75. The molecule has 1 aliphatic rings. The largest absolute Gasteiger partial charge is 0.484 e. The number of carbonyl (C=O) groups excluding carboxylic acids is 1. The summed E-state index contributed by atoms with van der Waals surface area (Å²) in [7, 11) is 0. The van der Waals surface area contributed by atoms with Crippen LogP contribution >= 0.6 is 0 Å². The van der Waals surface area contributed by atoms with Gasteiger partial charge in [0, 0.05) is 0 Å². The maximum absolute atomic E-state index is 10.6. The average Bonchev–Trinajstić information content (AvgIpc) is 2.78. The lowest BCUT2D eigenvalue weighted by Crippen LogP contribution is -2.20. The standard InChI is InChI=1S/C13H12N2O3/c14-5-10-4-11(18-7-13(15)17)3-9-1-8(6-16)2-12(9)10/h1,3-4,16H,2,6-7H2,(H2,15,17). The van der Waals surface area contributed by atoms with Gasteiger partial charge in [0.05, 0.1) is 18.2 Å². The van der Waals surface area contributed by atoms with E-state index in [0.717, 1.165) is 16.7 Å². The maximum Gasteiger partial charge on any atom is 0.255 e. The van der Waals surface area contributed by atoms with Crippen molar-refractivity contribution in [1.82, 2.24) is 0 Å². The third-order valence-corrected chi connectivity index (χ3v) is 2.73. The molecule has 0 unspecified atom stereocenters. The fourth-order valence-corrected chi connectivity index (χ4v) is 1.93. The number of aliphatic hydroxyl groups is 1. The first-order valence-electron chi connectivity index (χ1n) is 5.42. The molecule has 0 radical (unpaired) electrons. The molecule has 3 N–H and O–H groups in total. The van der Waals surface area contributed by atoms with E-state index in [4.69, 9.17) is 20.8 Å². The smallest absolute Gasteiger partial charge is 0.255 e. The van der Waals surface area contributed by atoms with E-state index < -0.39 is 5.91 Å². The SMILES string of the molecule is N#Cc1cc(OCC(N)=O)cc2c1CC(CO)=C2. The Hall–Kier alpha value is -2.32. The van der Waals surface area contributed by atoms with E-state index in [1.807, 2.05) is 6.08 Å². The molecule has 0 spiro atoms. The van der Waals surface area contributed by atoms with Crippen LogP contribution in [0.15, 0.2) is 17.7 Å². The monoisotopic (exact) mass is 244 g/mol. The number of nitrogens with two attached hydrogens (primary N) is 1. The Balaban J connectivity index is 2.33. The molecule has 5 nitrogen and oxygen atoms in total. The van der Waals surface area contributed by atoms with Crippen LogP contribution in [0.4, 0.5) is 0 Å². The van der Waals surface area contributed by atoms with Crippen LogP contribution in [0.2, 0.25) is 0 Å². The molecule has 0 saturated carbocycles. The molecular formula is C13H12N2O3. The number of benzene rings is 1. The molecule has 0 saturated heterocycles. The van der Waals surface area contributed by atoms with Gasteiger partial charge in [-0.25, -0.2) is 0 Å².